The van der Waals surface area contributed by atoms with Crippen molar-refractivity contribution in [1.82, 2.24) is 0 Å². The lowest BCUT2D eigenvalue weighted by atomic mass is 10.1. The van der Waals surface area contributed by atoms with Crippen molar-refractivity contribution in [3.63, 3.8) is 0 Å². The molecule has 2 aromatic carbocycles. The van der Waals surface area contributed by atoms with Crippen LogP contribution in [0.25, 0.3) is 0 Å². The van der Waals surface area contributed by atoms with Crippen molar-refractivity contribution in [1.29, 1.82) is 0 Å². The maximum absolute atomic E-state index is 13.7. The van der Waals surface area contributed by atoms with Crippen molar-refractivity contribution >= 4 is 23.2 Å². The first kappa shape index (κ1) is 14.3. The summed E-state index contributed by atoms with van der Waals surface area (Å²) < 4.78 is 13.7. The van der Waals surface area contributed by atoms with Gasteiger partial charge in [-0.15, -0.1) is 0 Å². The summed E-state index contributed by atoms with van der Waals surface area (Å²) in [6.45, 7) is 1.42. The van der Waals surface area contributed by atoms with Crippen LogP contribution in [0.15, 0.2) is 48.5 Å². The van der Waals surface area contributed by atoms with E-state index in [-0.39, 0.29) is 11.6 Å². The number of carbonyl (C=O) groups excluding carboxylic acids is 2. The lowest BCUT2D eigenvalue weighted by Gasteiger charge is -2.23. The fourth-order valence-corrected chi connectivity index (χ4v) is 2.76. The van der Waals surface area contributed by atoms with Crippen molar-refractivity contribution in [3.8, 4) is 0 Å². The Morgan fingerprint density at radius 2 is 1.82 bits per heavy atom. The summed E-state index contributed by atoms with van der Waals surface area (Å²) in [6, 6.07) is 12.7. The van der Waals surface area contributed by atoms with Gasteiger partial charge >= 0.3 is 0 Å². The molecule has 0 spiro atoms. The molecule has 3 rings (SSSR count). The van der Waals surface area contributed by atoms with Crippen molar-refractivity contribution < 1.29 is 14.0 Å². The van der Waals surface area contributed by atoms with E-state index in [4.69, 9.17) is 0 Å². The van der Waals surface area contributed by atoms with Gasteiger partial charge < -0.3 is 5.32 Å². The third kappa shape index (κ3) is 2.45. The van der Waals surface area contributed by atoms with Gasteiger partial charge in [0, 0.05) is 19.0 Å². The molecule has 0 fully saturated rings. The van der Waals surface area contributed by atoms with Gasteiger partial charge in [-0.25, -0.2) is 4.39 Å². The maximum atomic E-state index is 13.7. The fraction of sp³-hybridized carbons (Fsp3) is 0.176. The smallest absolute Gasteiger partial charge is 0.247 e. The molecule has 0 saturated heterocycles. The first-order valence-electron chi connectivity index (χ1n) is 7.01. The minimum absolute atomic E-state index is 0.118. The van der Waals surface area contributed by atoms with E-state index < -0.39 is 17.8 Å². The minimum Gasteiger partial charge on any atom is -0.322 e. The highest BCUT2D eigenvalue weighted by Gasteiger charge is 2.36. The van der Waals surface area contributed by atoms with Crippen LogP contribution in [0.2, 0.25) is 0 Å². The number of hydrogen-bond donors (Lipinski definition) is 1. The van der Waals surface area contributed by atoms with Gasteiger partial charge in [-0.3, -0.25) is 14.5 Å². The number of halogens is 1. The Bertz CT molecular complexity index is 745. The molecule has 1 heterocycles. The van der Waals surface area contributed by atoms with E-state index in [9.17, 15) is 14.0 Å². The van der Waals surface area contributed by atoms with Crippen molar-refractivity contribution in [2.24, 2.45) is 0 Å². The van der Waals surface area contributed by atoms with E-state index in [0.717, 1.165) is 11.3 Å². The molecule has 0 aliphatic carbocycles. The minimum atomic E-state index is -0.658. The molecule has 5 heteroatoms. The Hall–Kier alpha value is -2.69. The maximum Gasteiger partial charge on any atom is 0.247 e. The molecule has 0 bridgehead atoms. The molecule has 1 aliphatic rings. The molecular formula is C17H15FN2O2. The van der Waals surface area contributed by atoms with Crippen LogP contribution in [0.5, 0.6) is 0 Å². The van der Waals surface area contributed by atoms with Gasteiger partial charge in [0.05, 0.1) is 5.69 Å². The summed E-state index contributed by atoms with van der Waals surface area (Å²) in [7, 11) is 0. The topological polar surface area (TPSA) is 49.4 Å². The predicted octanol–water partition coefficient (Wildman–Crippen LogP) is 2.74. The lowest BCUT2D eigenvalue weighted by molar-refractivity contribution is -0.122. The van der Waals surface area contributed by atoms with Crippen LogP contribution in [-0.4, -0.2) is 17.9 Å². The van der Waals surface area contributed by atoms with Crippen LogP contribution in [0.1, 0.15) is 12.5 Å². The van der Waals surface area contributed by atoms with Gasteiger partial charge in [0.25, 0.3) is 0 Å². The van der Waals surface area contributed by atoms with E-state index in [1.165, 1.54) is 24.0 Å². The average Bonchev–Trinajstić information content (AvgIpc) is 2.89. The average molecular weight is 298 g/mol. The highest BCUT2D eigenvalue weighted by Crippen LogP contribution is 2.32. The molecule has 2 amide bonds. The molecule has 1 N–H and O–H groups in total. The van der Waals surface area contributed by atoms with Crippen molar-refractivity contribution in [2.75, 3.05) is 10.2 Å². The summed E-state index contributed by atoms with van der Waals surface area (Å²) in [6.07, 6.45) is 0.427. The molecule has 0 saturated carbocycles. The standard InChI is InChI=1S/C17H15FN2O2/c1-11(21)20-15-9-5-2-6-12(15)10-16(20)17(22)19-14-8-4-3-7-13(14)18/h2-9,16H,10H2,1H3,(H,19,22). The summed E-state index contributed by atoms with van der Waals surface area (Å²) in [5, 5.41) is 2.56. The van der Waals surface area contributed by atoms with Crippen LogP contribution in [-0.2, 0) is 16.0 Å². The number of carbonyl (C=O) groups is 2. The number of anilines is 2. The van der Waals surface area contributed by atoms with Crippen LogP contribution < -0.4 is 10.2 Å². The van der Waals surface area contributed by atoms with Crippen molar-refractivity contribution in [3.05, 3.63) is 59.9 Å². The van der Waals surface area contributed by atoms with Crippen LogP contribution in [0, 0.1) is 5.82 Å². The van der Waals surface area contributed by atoms with E-state index in [1.807, 2.05) is 24.3 Å². The second-order valence-electron chi connectivity index (χ2n) is 5.21. The zero-order valence-corrected chi connectivity index (χ0v) is 12.0. The zero-order valence-electron chi connectivity index (χ0n) is 12.0. The van der Waals surface area contributed by atoms with Gasteiger partial charge in [-0.1, -0.05) is 30.3 Å². The van der Waals surface area contributed by atoms with Gasteiger partial charge in [-0.05, 0) is 23.8 Å². The summed E-state index contributed by atoms with van der Waals surface area (Å²) >= 11 is 0. The van der Waals surface area contributed by atoms with Gasteiger partial charge in [0.2, 0.25) is 11.8 Å². The predicted molar refractivity (Wildman–Crippen MR) is 82.1 cm³/mol. The third-order valence-corrected chi connectivity index (χ3v) is 3.75. The van der Waals surface area contributed by atoms with Gasteiger partial charge in [-0.2, -0.15) is 0 Å². The monoisotopic (exact) mass is 298 g/mol. The number of nitrogens with one attached hydrogen (secondary N) is 1. The molecule has 4 nitrogen and oxygen atoms in total. The Balaban J connectivity index is 1.87. The highest BCUT2D eigenvalue weighted by atomic mass is 19.1. The van der Waals surface area contributed by atoms with Gasteiger partial charge in [0.15, 0.2) is 0 Å². The molecule has 22 heavy (non-hydrogen) atoms. The number of rotatable bonds is 2. The van der Waals surface area contributed by atoms with E-state index >= 15 is 0 Å². The number of fused-ring (bicyclic) bond motifs is 1. The number of benzene rings is 2. The van der Waals surface area contributed by atoms with E-state index in [1.54, 1.807) is 12.1 Å². The Morgan fingerprint density at radius 3 is 2.55 bits per heavy atom. The fourth-order valence-electron chi connectivity index (χ4n) is 2.76. The quantitative estimate of drug-likeness (QED) is 0.927. The Morgan fingerprint density at radius 1 is 1.14 bits per heavy atom. The summed E-state index contributed by atoms with van der Waals surface area (Å²) in [5.74, 6) is -1.10. The molecule has 0 aromatic heterocycles. The van der Waals surface area contributed by atoms with Crippen LogP contribution in [0.4, 0.5) is 15.8 Å². The molecule has 112 valence electrons. The lowest BCUT2D eigenvalue weighted by Crippen LogP contribution is -2.44. The summed E-state index contributed by atoms with van der Waals surface area (Å²) in [5.41, 5.74) is 1.79. The molecule has 1 aliphatic heterocycles. The third-order valence-electron chi connectivity index (χ3n) is 3.75. The van der Waals surface area contributed by atoms with E-state index in [2.05, 4.69) is 5.32 Å². The SMILES string of the molecule is CC(=O)N1c2ccccc2CC1C(=O)Nc1ccccc1F. The first-order valence-corrected chi connectivity index (χ1v) is 7.01. The Kier molecular flexibility index (Phi) is 3.63. The number of para-hydroxylation sites is 2. The first-order chi connectivity index (χ1) is 10.6. The zero-order chi connectivity index (χ0) is 15.7. The highest BCUT2D eigenvalue weighted by molar-refractivity contribution is 6.06. The molecule has 2 aromatic rings. The van der Waals surface area contributed by atoms with Crippen LogP contribution >= 0.6 is 0 Å². The van der Waals surface area contributed by atoms with Crippen LogP contribution in [0.3, 0.4) is 0 Å². The molecular weight excluding hydrogens is 283 g/mol. The normalized spacial score (nSPS) is 16.3. The molecule has 0 radical (unpaired) electrons. The number of amides is 2. The largest absolute Gasteiger partial charge is 0.322 e. The van der Waals surface area contributed by atoms with E-state index in [0.29, 0.717) is 6.42 Å². The number of nitrogens with zero attached hydrogens (tertiary/aromatic N) is 1. The Labute approximate surface area is 127 Å². The van der Waals surface area contributed by atoms with Gasteiger partial charge in [0.1, 0.15) is 11.9 Å². The second kappa shape index (κ2) is 5.60. The number of hydrogen-bond acceptors (Lipinski definition) is 2. The summed E-state index contributed by atoms with van der Waals surface area (Å²) in [4.78, 5) is 25.9. The molecule has 1 atom stereocenters. The van der Waals surface area contributed by atoms with Crippen molar-refractivity contribution in [2.45, 2.75) is 19.4 Å². The molecule has 1 unspecified atom stereocenters. The second-order valence-corrected chi connectivity index (χ2v) is 5.21.